The molecule has 14 nitrogen and oxygen atoms in total. The molecule has 45 heavy (non-hydrogen) atoms. The van der Waals surface area contributed by atoms with E-state index in [1.165, 1.54) is 17.8 Å². The van der Waals surface area contributed by atoms with Crippen molar-refractivity contribution in [1.82, 2.24) is 19.7 Å². The Bertz CT molecular complexity index is 1590. The number of fused-ring (bicyclic) bond motifs is 2. The Morgan fingerprint density at radius 1 is 1.18 bits per heavy atom. The predicted molar refractivity (Wildman–Crippen MR) is 162 cm³/mol. The molecule has 0 amide bonds. The lowest BCUT2D eigenvalue weighted by molar-refractivity contribution is -0.204. The Morgan fingerprint density at radius 3 is 2.60 bits per heavy atom. The number of nitrogens with one attached hydrogen (secondary N) is 1. The Hall–Kier alpha value is -3.57. The summed E-state index contributed by atoms with van der Waals surface area (Å²) in [5, 5.41) is 17.6. The van der Waals surface area contributed by atoms with Crippen LogP contribution in [0.15, 0.2) is 48.8 Å². The van der Waals surface area contributed by atoms with E-state index in [1.807, 2.05) is 13.8 Å². The van der Waals surface area contributed by atoms with Gasteiger partial charge in [-0.3, -0.25) is 9.32 Å². The zero-order valence-electron chi connectivity index (χ0n) is 25.9. The molecule has 1 aromatic carbocycles. The number of esters is 1. The van der Waals surface area contributed by atoms with Crippen LogP contribution in [0.2, 0.25) is 0 Å². The van der Waals surface area contributed by atoms with Crippen molar-refractivity contribution in [3.63, 3.8) is 0 Å². The number of nitrogens with two attached hydrogens (primary N) is 1. The first kappa shape index (κ1) is 32.8. The van der Waals surface area contributed by atoms with Crippen LogP contribution in [0.4, 0.5) is 5.82 Å². The molecule has 2 aromatic heterocycles. The maximum Gasteiger partial charge on any atom is 0.459 e. The van der Waals surface area contributed by atoms with E-state index in [2.05, 4.69) is 21.2 Å². The van der Waals surface area contributed by atoms with Crippen molar-refractivity contribution in [2.45, 2.75) is 83.2 Å². The molecular weight excluding hydrogens is 603 g/mol. The lowest BCUT2D eigenvalue weighted by atomic mass is 9.92. The van der Waals surface area contributed by atoms with Gasteiger partial charge < -0.3 is 29.2 Å². The molecule has 0 unspecified atom stereocenters. The zero-order chi connectivity index (χ0) is 32.4. The molecule has 5 rings (SSSR count). The van der Waals surface area contributed by atoms with Crippen molar-refractivity contribution in [2.75, 3.05) is 18.9 Å². The van der Waals surface area contributed by atoms with Crippen molar-refractivity contribution in [2.24, 2.45) is 5.92 Å². The van der Waals surface area contributed by atoms with Crippen LogP contribution in [0.1, 0.15) is 53.2 Å². The quantitative estimate of drug-likeness (QED) is 0.201. The highest BCUT2D eigenvalue weighted by Crippen LogP contribution is 2.51. The molecule has 2 aliphatic heterocycles. The second-order valence-electron chi connectivity index (χ2n) is 11.5. The number of carbonyl (C=O) groups excluding carboxylic acids is 1. The molecule has 2 fully saturated rings. The number of carbonyl (C=O) groups is 1. The SMILES string of the molecule is CCC(CC)COC(=O)[C@H](C)N[P@](=O)(OC[C@H]1O[C@](C#N)(c2ccc3c(N)ncnn23)[C@@H]2OC(C)(C)O[C@@H]21)Oc1ccccc1. The summed E-state index contributed by atoms with van der Waals surface area (Å²) in [6.45, 7) is 8.91. The number of nitrogens with zero attached hydrogens (tertiary/aromatic N) is 4. The van der Waals surface area contributed by atoms with E-state index in [1.54, 1.807) is 56.3 Å². The number of rotatable bonds is 13. The van der Waals surface area contributed by atoms with Crippen molar-refractivity contribution < 1.29 is 37.4 Å². The van der Waals surface area contributed by atoms with Gasteiger partial charge in [0.15, 0.2) is 11.6 Å². The molecule has 2 aliphatic rings. The minimum atomic E-state index is -4.24. The van der Waals surface area contributed by atoms with Crippen molar-refractivity contribution in [3.8, 4) is 11.8 Å². The summed E-state index contributed by atoms with van der Waals surface area (Å²) in [5.74, 6) is -0.980. The number of hydrogen-bond acceptors (Lipinski definition) is 12. The number of nitriles is 1. The molecule has 6 atom stereocenters. The molecule has 0 aliphatic carbocycles. The first-order chi connectivity index (χ1) is 21.4. The maximum absolute atomic E-state index is 14.2. The van der Waals surface area contributed by atoms with Gasteiger partial charge in [-0.05, 0) is 51.0 Å². The normalized spacial score (nSPS) is 25.8. The van der Waals surface area contributed by atoms with E-state index < -0.39 is 49.5 Å². The summed E-state index contributed by atoms with van der Waals surface area (Å²) in [6, 6.07) is 13.0. The number of anilines is 1. The zero-order valence-corrected chi connectivity index (χ0v) is 26.8. The second kappa shape index (κ2) is 13.0. The van der Waals surface area contributed by atoms with Crippen LogP contribution in [-0.4, -0.2) is 63.9 Å². The minimum Gasteiger partial charge on any atom is -0.464 e. The molecule has 2 saturated heterocycles. The van der Waals surface area contributed by atoms with Gasteiger partial charge in [0.1, 0.15) is 48.0 Å². The van der Waals surface area contributed by atoms with Gasteiger partial charge in [0, 0.05) is 0 Å². The van der Waals surface area contributed by atoms with Crippen molar-refractivity contribution in [1.29, 1.82) is 5.26 Å². The molecule has 15 heteroatoms. The second-order valence-corrected chi connectivity index (χ2v) is 13.2. The summed E-state index contributed by atoms with van der Waals surface area (Å²) in [4.78, 5) is 16.9. The number of aromatic nitrogens is 3. The van der Waals surface area contributed by atoms with Crippen LogP contribution in [0.5, 0.6) is 5.75 Å². The van der Waals surface area contributed by atoms with Crippen LogP contribution in [0, 0.1) is 17.2 Å². The van der Waals surface area contributed by atoms with Gasteiger partial charge in [-0.25, -0.2) is 14.1 Å². The largest absolute Gasteiger partial charge is 0.464 e. The Labute approximate surface area is 261 Å². The lowest BCUT2D eigenvalue weighted by Crippen LogP contribution is -2.40. The average Bonchev–Trinajstić information content (AvgIpc) is 3.68. The van der Waals surface area contributed by atoms with Gasteiger partial charge in [0.25, 0.3) is 0 Å². The topological polar surface area (TPSA) is 182 Å². The van der Waals surface area contributed by atoms with Gasteiger partial charge >= 0.3 is 13.7 Å². The number of para-hydroxylation sites is 1. The molecule has 0 spiro atoms. The van der Waals surface area contributed by atoms with E-state index in [0.717, 1.165) is 12.8 Å². The van der Waals surface area contributed by atoms with Crippen LogP contribution < -0.4 is 15.3 Å². The molecule has 242 valence electrons. The van der Waals surface area contributed by atoms with E-state index >= 15 is 0 Å². The highest BCUT2D eigenvalue weighted by atomic mass is 31.2. The predicted octanol–water partition coefficient (Wildman–Crippen LogP) is 4.11. The van der Waals surface area contributed by atoms with Gasteiger partial charge in [-0.15, -0.1) is 0 Å². The molecule has 0 saturated carbocycles. The Balaban J connectivity index is 1.40. The lowest BCUT2D eigenvalue weighted by Gasteiger charge is -2.29. The summed E-state index contributed by atoms with van der Waals surface area (Å²) in [6.07, 6.45) is 0.325. The van der Waals surface area contributed by atoms with Gasteiger partial charge in [-0.2, -0.15) is 15.4 Å². The monoisotopic (exact) mass is 642 g/mol. The summed E-state index contributed by atoms with van der Waals surface area (Å²) in [5.41, 5.74) is 5.17. The molecule has 3 N–H and O–H groups in total. The third kappa shape index (κ3) is 6.70. The van der Waals surface area contributed by atoms with E-state index in [0.29, 0.717) is 11.2 Å². The third-order valence-electron chi connectivity index (χ3n) is 7.96. The maximum atomic E-state index is 14.2. The van der Waals surface area contributed by atoms with Crippen LogP contribution in [-0.2, 0) is 38.4 Å². The van der Waals surface area contributed by atoms with E-state index in [4.69, 9.17) is 33.7 Å². The highest BCUT2D eigenvalue weighted by molar-refractivity contribution is 7.52. The standard InChI is InChI=1S/C30H39N6O8P/c1-6-20(7-2)15-39-28(37)19(3)35-45(38,44-21-11-9-8-10-12-21)40-16-23-25-26(43-29(4,5)42-25)30(17-31,41-23)24-14-13-22-27(32)33-18-34-36(22)24/h8-14,18-20,23,25-26H,6-7,15-16H2,1-5H3,(H,35,38)(H2,32,33,34)/t19-,23+,25+,26+,30+,45-/m0/s1. The summed E-state index contributed by atoms with van der Waals surface area (Å²) >= 11 is 0. The van der Waals surface area contributed by atoms with Crippen molar-refractivity contribution >= 4 is 25.1 Å². The van der Waals surface area contributed by atoms with Crippen LogP contribution >= 0.6 is 7.75 Å². The molecule has 4 heterocycles. The molecule has 0 bridgehead atoms. The van der Waals surface area contributed by atoms with Gasteiger partial charge in [0.2, 0.25) is 5.60 Å². The van der Waals surface area contributed by atoms with E-state index in [-0.39, 0.29) is 30.7 Å². The highest BCUT2D eigenvalue weighted by Gasteiger charge is 2.65. The average molecular weight is 643 g/mol. The van der Waals surface area contributed by atoms with E-state index in [9.17, 15) is 14.6 Å². The fourth-order valence-corrected chi connectivity index (χ4v) is 6.99. The third-order valence-corrected chi connectivity index (χ3v) is 9.60. The number of nitrogen functional groups attached to an aromatic ring is 1. The summed E-state index contributed by atoms with van der Waals surface area (Å²) in [7, 11) is -4.24. The fourth-order valence-electron chi connectivity index (χ4n) is 5.49. The molecule has 3 aromatic rings. The Kier molecular flexibility index (Phi) is 9.51. The number of hydrogen-bond donors (Lipinski definition) is 2. The fraction of sp³-hybridized carbons (Fsp3) is 0.533. The number of benzene rings is 1. The summed E-state index contributed by atoms with van der Waals surface area (Å²) < 4.78 is 51.7. The van der Waals surface area contributed by atoms with Gasteiger partial charge in [0.05, 0.1) is 18.9 Å². The van der Waals surface area contributed by atoms with Crippen molar-refractivity contribution in [3.05, 3.63) is 54.5 Å². The number of ether oxygens (including phenoxy) is 4. The molecule has 0 radical (unpaired) electrons. The van der Waals surface area contributed by atoms with Gasteiger partial charge in [-0.1, -0.05) is 44.9 Å². The first-order valence-electron chi connectivity index (χ1n) is 14.9. The first-order valence-corrected chi connectivity index (χ1v) is 16.5. The van der Waals surface area contributed by atoms with Crippen LogP contribution in [0.25, 0.3) is 5.52 Å². The Morgan fingerprint density at radius 2 is 1.91 bits per heavy atom. The minimum absolute atomic E-state index is 0.219. The van der Waals surface area contributed by atoms with Crippen LogP contribution in [0.3, 0.4) is 0 Å². The smallest absolute Gasteiger partial charge is 0.459 e. The molecular formula is C30H39N6O8P.